The van der Waals surface area contributed by atoms with E-state index in [0.29, 0.717) is 23.0 Å². The molecule has 3 aromatic heterocycles. The predicted molar refractivity (Wildman–Crippen MR) is 121 cm³/mol. The summed E-state index contributed by atoms with van der Waals surface area (Å²) in [5.41, 5.74) is 3.66. The standard InChI is InChI=1S/C23H18F2N8/c1-13(16-4-3-15(24)9-17(16)25)30-21-11-22(29-12-28-21)31-23-10-19(32-33-23)14-2-5-18-20(8-14)27-7-6-26-18/h2-13H,1H3,(H3,28,29,30,31,32,33)/t13-/m0/s1. The third-order valence-corrected chi connectivity index (χ3v) is 5.07. The van der Waals surface area contributed by atoms with E-state index in [0.717, 1.165) is 28.4 Å². The highest BCUT2D eigenvalue weighted by Gasteiger charge is 2.13. The number of anilines is 3. The molecule has 0 saturated carbocycles. The van der Waals surface area contributed by atoms with Crippen molar-refractivity contribution in [2.75, 3.05) is 10.6 Å². The Morgan fingerprint density at radius 3 is 2.48 bits per heavy atom. The van der Waals surface area contributed by atoms with Crippen molar-refractivity contribution in [3.05, 3.63) is 84.4 Å². The minimum absolute atomic E-state index is 0.335. The number of nitrogens with one attached hydrogen (secondary N) is 3. The lowest BCUT2D eigenvalue weighted by Gasteiger charge is -2.16. The molecule has 1 atom stereocenters. The summed E-state index contributed by atoms with van der Waals surface area (Å²) in [6.07, 6.45) is 4.69. The molecule has 0 bridgehead atoms. The average molecular weight is 444 g/mol. The molecule has 8 nitrogen and oxygen atoms in total. The number of aromatic nitrogens is 6. The van der Waals surface area contributed by atoms with Crippen molar-refractivity contribution < 1.29 is 8.78 Å². The van der Waals surface area contributed by atoms with Gasteiger partial charge in [-0.05, 0) is 25.1 Å². The molecule has 164 valence electrons. The Kier molecular flexibility index (Phi) is 5.31. The zero-order valence-electron chi connectivity index (χ0n) is 17.4. The van der Waals surface area contributed by atoms with E-state index in [2.05, 4.69) is 40.8 Å². The van der Waals surface area contributed by atoms with Crippen LogP contribution in [0.3, 0.4) is 0 Å². The largest absolute Gasteiger partial charge is 0.363 e. The van der Waals surface area contributed by atoms with Crippen LogP contribution in [0, 0.1) is 11.6 Å². The van der Waals surface area contributed by atoms with Gasteiger partial charge in [-0.2, -0.15) is 5.10 Å². The summed E-state index contributed by atoms with van der Waals surface area (Å²) in [6.45, 7) is 1.76. The molecule has 5 rings (SSSR count). The second-order valence-corrected chi connectivity index (χ2v) is 7.37. The Labute approximate surface area is 187 Å². The van der Waals surface area contributed by atoms with E-state index < -0.39 is 17.7 Å². The van der Waals surface area contributed by atoms with Gasteiger partial charge in [-0.15, -0.1) is 0 Å². The molecule has 0 unspecified atom stereocenters. The van der Waals surface area contributed by atoms with Gasteiger partial charge in [0, 0.05) is 41.7 Å². The lowest BCUT2D eigenvalue weighted by molar-refractivity contribution is 0.566. The van der Waals surface area contributed by atoms with E-state index in [4.69, 9.17) is 0 Å². The topological polar surface area (TPSA) is 104 Å². The highest BCUT2D eigenvalue weighted by atomic mass is 19.1. The van der Waals surface area contributed by atoms with Gasteiger partial charge in [0.05, 0.1) is 22.8 Å². The molecular formula is C23H18F2N8. The molecule has 3 N–H and O–H groups in total. The Morgan fingerprint density at radius 2 is 1.64 bits per heavy atom. The molecule has 0 spiro atoms. The zero-order valence-corrected chi connectivity index (χ0v) is 17.4. The van der Waals surface area contributed by atoms with E-state index in [9.17, 15) is 8.78 Å². The Balaban J connectivity index is 1.31. The van der Waals surface area contributed by atoms with Gasteiger partial charge in [0.1, 0.15) is 29.6 Å². The number of aromatic amines is 1. The molecule has 0 radical (unpaired) electrons. The molecule has 10 heteroatoms. The summed E-state index contributed by atoms with van der Waals surface area (Å²) in [5, 5.41) is 13.5. The van der Waals surface area contributed by atoms with Crippen molar-refractivity contribution in [2.45, 2.75) is 13.0 Å². The highest BCUT2D eigenvalue weighted by molar-refractivity contribution is 5.80. The molecule has 3 heterocycles. The first-order chi connectivity index (χ1) is 16.0. The van der Waals surface area contributed by atoms with Crippen LogP contribution in [0.25, 0.3) is 22.3 Å². The van der Waals surface area contributed by atoms with Gasteiger partial charge in [-0.1, -0.05) is 12.1 Å². The molecule has 5 aromatic rings. The lowest BCUT2D eigenvalue weighted by Crippen LogP contribution is -2.10. The van der Waals surface area contributed by atoms with Crippen molar-refractivity contribution >= 4 is 28.5 Å². The molecule has 0 saturated heterocycles. The maximum Gasteiger partial charge on any atom is 0.153 e. The normalized spacial score (nSPS) is 12.0. The molecular weight excluding hydrogens is 426 g/mol. The van der Waals surface area contributed by atoms with E-state index in [1.807, 2.05) is 24.3 Å². The monoisotopic (exact) mass is 444 g/mol. The minimum atomic E-state index is -0.619. The second-order valence-electron chi connectivity index (χ2n) is 7.37. The van der Waals surface area contributed by atoms with Crippen LogP contribution in [0.5, 0.6) is 0 Å². The number of benzene rings is 2. The van der Waals surface area contributed by atoms with E-state index >= 15 is 0 Å². The minimum Gasteiger partial charge on any atom is -0.363 e. The predicted octanol–water partition coefficient (Wildman–Crippen LogP) is 5.00. The average Bonchev–Trinajstić information content (AvgIpc) is 3.27. The fourth-order valence-corrected chi connectivity index (χ4v) is 3.45. The van der Waals surface area contributed by atoms with Gasteiger partial charge in [0.15, 0.2) is 5.82 Å². The lowest BCUT2D eigenvalue weighted by atomic mass is 10.1. The third kappa shape index (κ3) is 4.45. The molecule has 2 aromatic carbocycles. The smallest absolute Gasteiger partial charge is 0.153 e. The molecule has 0 fully saturated rings. The maximum absolute atomic E-state index is 14.1. The summed E-state index contributed by atoms with van der Waals surface area (Å²) in [5.74, 6) is 0.305. The van der Waals surface area contributed by atoms with Gasteiger partial charge in [0.25, 0.3) is 0 Å². The first-order valence-electron chi connectivity index (χ1n) is 10.1. The van der Waals surface area contributed by atoms with Crippen molar-refractivity contribution in [2.24, 2.45) is 0 Å². The van der Waals surface area contributed by atoms with Crippen LogP contribution < -0.4 is 10.6 Å². The number of rotatable bonds is 6. The number of hydrogen-bond acceptors (Lipinski definition) is 7. The van der Waals surface area contributed by atoms with Crippen LogP contribution in [-0.2, 0) is 0 Å². The van der Waals surface area contributed by atoms with Crippen molar-refractivity contribution in [3.8, 4) is 11.3 Å². The molecule has 0 amide bonds. The van der Waals surface area contributed by atoms with Gasteiger partial charge in [0.2, 0.25) is 0 Å². The first kappa shape index (κ1) is 20.4. The number of halogens is 2. The van der Waals surface area contributed by atoms with Crippen molar-refractivity contribution in [1.29, 1.82) is 0 Å². The van der Waals surface area contributed by atoms with Crippen LogP contribution in [0.2, 0.25) is 0 Å². The summed E-state index contributed by atoms with van der Waals surface area (Å²) in [7, 11) is 0. The van der Waals surface area contributed by atoms with Crippen molar-refractivity contribution in [1.82, 2.24) is 30.1 Å². The molecule has 0 aliphatic rings. The Morgan fingerprint density at radius 1 is 0.818 bits per heavy atom. The van der Waals surface area contributed by atoms with Crippen LogP contribution in [0.15, 0.2) is 67.3 Å². The van der Waals surface area contributed by atoms with Crippen LogP contribution >= 0.6 is 0 Å². The van der Waals surface area contributed by atoms with Gasteiger partial charge in [-0.25, -0.2) is 18.7 Å². The SMILES string of the molecule is C[C@H](Nc1cc(Nc2cc(-c3ccc4nccnc4c3)[nH]n2)ncn1)c1ccc(F)cc1F. The Hall–Kier alpha value is -4.47. The number of fused-ring (bicyclic) bond motifs is 1. The summed E-state index contributed by atoms with van der Waals surface area (Å²) in [4.78, 5) is 17.0. The molecule has 33 heavy (non-hydrogen) atoms. The van der Waals surface area contributed by atoms with Gasteiger partial charge in [-0.3, -0.25) is 15.1 Å². The van der Waals surface area contributed by atoms with E-state index in [-0.39, 0.29) is 0 Å². The van der Waals surface area contributed by atoms with Gasteiger partial charge >= 0.3 is 0 Å². The summed E-state index contributed by atoms with van der Waals surface area (Å²) in [6, 6.07) is 12.4. The fraction of sp³-hybridized carbons (Fsp3) is 0.0870. The van der Waals surface area contributed by atoms with E-state index in [1.54, 1.807) is 25.4 Å². The zero-order chi connectivity index (χ0) is 22.8. The van der Waals surface area contributed by atoms with Crippen LogP contribution in [0.1, 0.15) is 18.5 Å². The fourth-order valence-electron chi connectivity index (χ4n) is 3.45. The number of H-pyrrole nitrogens is 1. The van der Waals surface area contributed by atoms with Crippen molar-refractivity contribution in [3.63, 3.8) is 0 Å². The second kappa shape index (κ2) is 8.58. The molecule has 0 aliphatic carbocycles. The number of hydrogen-bond donors (Lipinski definition) is 3. The molecule has 0 aliphatic heterocycles. The number of nitrogens with zero attached hydrogens (tertiary/aromatic N) is 5. The van der Waals surface area contributed by atoms with Gasteiger partial charge < -0.3 is 10.6 Å². The third-order valence-electron chi connectivity index (χ3n) is 5.07. The maximum atomic E-state index is 14.1. The summed E-state index contributed by atoms with van der Waals surface area (Å²) < 4.78 is 27.2. The van der Waals surface area contributed by atoms with Crippen LogP contribution in [-0.4, -0.2) is 30.1 Å². The van der Waals surface area contributed by atoms with Crippen LogP contribution in [0.4, 0.5) is 26.2 Å². The quantitative estimate of drug-likeness (QED) is 0.338. The highest BCUT2D eigenvalue weighted by Crippen LogP contribution is 2.25. The van der Waals surface area contributed by atoms with E-state index in [1.165, 1.54) is 18.5 Å². The Bertz CT molecular complexity index is 1440. The summed E-state index contributed by atoms with van der Waals surface area (Å²) >= 11 is 0. The first-order valence-corrected chi connectivity index (χ1v) is 10.1.